The molecule has 1 aliphatic rings. The molecule has 1 heterocycles. The lowest BCUT2D eigenvalue weighted by Crippen LogP contribution is -2.38. The minimum absolute atomic E-state index is 0.610. The Kier molecular flexibility index (Phi) is 5.86. The molecule has 2 nitrogen and oxygen atoms in total. The van der Waals surface area contributed by atoms with Crippen molar-refractivity contribution in [3.8, 4) is 0 Å². The molecule has 1 aromatic rings. The van der Waals surface area contributed by atoms with Gasteiger partial charge in [-0.15, -0.1) is 0 Å². The van der Waals surface area contributed by atoms with Crippen LogP contribution in [0.25, 0.3) is 0 Å². The highest BCUT2D eigenvalue weighted by molar-refractivity contribution is 9.10. The Morgan fingerprint density at radius 2 is 1.95 bits per heavy atom. The first-order valence-corrected chi connectivity index (χ1v) is 8.13. The third-order valence-corrected chi connectivity index (χ3v) is 4.65. The number of nitrogens with zero attached hydrogens (tertiary/aromatic N) is 1. The third kappa shape index (κ3) is 4.90. The number of benzene rings is 1. The van der Waals surface area contributed by atoms with Gasteiger partial charge in [-0.05, 0) is 50.0 Å². The monoisotopic (exact) mass is 324 g/mol. The van der Waals surface area contributed by atoms with E-state index in [0.717, 1.165) is 12.5 Å². The molecule has 1 N–H and O–H groups in total. The van der Waals surface area contributed by atoms with Gasteiger partial charge in [0.25, 0.3) is 0 Å². The Bertz CT molecular complexity index is 384. The van der Waals surface area contributed by atoms with Gasteiger partial charge in [0.15, 0.2) is 0 Å². The first-order valence-electron chi connectivity index (χ1n) is 7.34. The first-order chi connectivity index (χ1) is 9.15. The van der Waals surface area contributed by atoms with E-state index in [0.29, 0.717) is 6.04 Å². The van der Waals surface area contributed by atoms with Crippen LogP contribution in [0.1, 0.15) is 32.3 Å². The van der Waals surface area contributed by atoms with Crippen LogP contribution in [0.15, 0.2) is 28.7 Å². The molecule has 2 rings (SSSR count). The summed E-state index contributed by atoms with van der Waals surface area (Å²) in [5.41, 5.74) is 1.40. The van der Waals surface area contributed by atoms with Crippen molar-refractivity contribution >= 4 is 15.9 Å². The topological polar surface area (TPSA) is 15.3 Å². The standard InChI is InChI=1S/C16H25BrN2/c1-13(2)18-11-14-7-9-19(10-8-14)12-15-5-3-4-6-16(15)17/h3-6,13-14,18H,7-12H2,1-2H3. The molecule has 3 heteroatoms. The van der Waals surface area contributed by atoms with E-state index in [2.05, 4.69) is 64.3 Å². The van der Waals surface area contributed by atoms with E-state index in [9.17, 15) is 0 Å². The van der Waals surface area contributed by atoms with Crippen LogP contribution < -0.4 is 5.32 Å². The van der Waals surface area contributed by atoms with Crippen LogP contribution in [0, 0.1) is 5.92 Å². The SMILES string of the molecule is CC(C)NCC1CCN(Cc2ccccc2Br)CC1. The first kappa shape index (κ1) is 15.0. The number of hydrogen-bond acceptors (Lipinski definition) is 2. The summed E-state index contributed by atoms with van der Waals surface area (Å²) in [5, 5.41) is 3.56. The Balaban J connectivity index is 1.76. The second-order valence-corrected chi connectivity index (χ2v) is 6.73. The van der Waals surface area contributed by atoms with Crippen molar-refractivity contribution in [2.45, 2.75) is 39.3 Å². The van der Waals surface area contributed by atoms with Gasteiger partial charge in [-0.1, -0.05) is 48.0 Å². The lowest BCUT2D eigenvalue weighted by molar-refractivity contribution is 0.174. The molecule has 106 valence electrons. The summed E-state index contributed by atoms with van der Waals surface area (Å²) in [6, 6.07) is 9.17. The van der Waals surface area contributed by atoms with Crippen LogP contribution in [-0.2, 0) is 6.54 Å². The number of halogens is 1. The normalized spacial score (nSPS) is 18.1. The van der Waals surface area contributed by atoms with Crippen LogP contribution >= 0.6 is 15.9 Å². The van der Waals surface area contributed by atoms with Gasteiger partial charge in [-0.2, -0.15) is 0 Å². The van der Waals surface area contributed by atoms with Crippen molar-refractivity contribution in [2.24, 2.45) is 5.92 Å². The van der Waals surface area contributed by atoms with E-state index >= 15 is 0 Å². The fraction of sp³-hybridized carbons (Fsp3) is 0.625. The van der Waals surface area contributed by atoms with E-state index < -0.39 is 0 Å². The molecule has 0 aromatic heterocycles. The smallest absolute Gasteiger partial charge is 0.0244 e. The van der Waals surface area contributed by atoms with Gasteiger partial charge in [0.2, 0.25) is 0 Å². The summed E-state index contributed by atoms with van der Waals surface area (Å²) in [4.78, 5) is 2.58. The summed E-state index contributed by atoms with van der Waals surface area (Å²) in [6.45, 7) is 9.16. The maximum atomic E-state index is 3.64. The second-order valence-electron chi connectivity index (χ2n) is 5.87. The van der Waals surface area contributed by atoms with Gasteiger partial charge in [0.1, 0.15) is 0 Å². The highest BCUT2D eigenvalue weighted by Gasteiger charge is 2.19. The highest BCUT2D eigenvalue weighted by Crippen LogP contribution is 2.22. The minimum atomic E-state index is 0.610. The van der Waals surface area contributed by atoms with Crippen molar-refractivity contribution < 1.29 is 0 Å². The molecule has 1 aromatic carbocycles. The predicted octanol–water partition coefficient (Wildman–Crippen LogP) is 3.66. The summed E-state index contributed by atoms with van der Waals surface area (Å²) >= 11 is 3.64. The highest BCUT2D eigenvalue weighted by atomic mass is 79.9. The average Bonchev–Trinajstić information content (AvgIpc) is 2.40. The van der Waals surface area contributed by atoms with Crippen molar-refractivity contribution in [3.63, 3.8) is 0 Å². The van der Waals surface area contributed by atoms with Crippen LogP contribution in [0.3, 0.4) is 0 Å². The lowest BCUT2D eigenvalue weighted by Gasteiger charge is -2.32. The largest absolute Gasteiger partial charge is 0.314 e. The zero-order valence-electron chi connectivity index (χ0n) is 12.0. The van der Waals surface area contributed by atoms with Crippen molar-refractivity contribution in [1.29, 1.82) is 0 Å². The molecule has 0 radical (unpaired) electrons. The third-order valence-electron chi connectivity index (χ3n) is 3.87. The summed E-state index contributed by atoms with van der Waals surface area (Å²) in [7, 11) is 0. The molecule has 0 bridgehead atoms. The molecule has 0 saturated carbocycles. The number of hydrogen-bond donors (Lipinski definition) is 1. The van der Waals surface area contributed by atoms with Crippen LogP contribution in [0.5, 0.6) is 0 Å². The zero-order valence-corrected chi connectivity index (χ0v) is 13.6. The minimum Gasteiger partial charge on any atom is -0.314 e. The van der Waals surface area contributed by atoms with Crippen LogP contribution in [0.2, 0.25) is 0 Å². The molecule has 0 amide bonds. The second kappa shape index (κ2) is 7.41. The zero-order chi connectivity index (χ0) is 13.7. The maximum absolute atomic E-state index is 3.64. The molecule has 0 unspecified atom stereocenters. The molecular formula is C16H25BrN2. The molecule has 19 heavy (non-hydrogen) atoms. The number of likely N-dealkylation sites (tertiary alicyclic amines) is 1. The fourth-order valence-electron chi connectivity index (χ4n) is 2.62. The molecular weight excluding hydrogens is 300 g/mol. The van der Waals surface area contributed by atoms with Crippen molar-refractivity contribution in [2.75, 3.05) is 19.6 Å². The van der Waals surface area contributed by atoms with Gasteiger partial charge in [0, 0.05) is 17.1 Å². The van der Waals surface area contributed by atoms with Gasteiger partial charge >= 0.3 is 0 Å². The van der Waals surface area contributed by atoms with E-state index in [1.807, 2.05) is 0 Å². The number of piperidine rings is 1. The molecule has 0 aliphatic carbocycles. The lowest BCUT2D eigenvalue weighted by atomic mass is 9.96. The van der Waals surface area contributed by atoms with Gasteiger partial charge < -0.3 is 5.32 Å². The molecule has 1 fully saturated rings. The van der Waals surface area contributed by atoms with Gasteiger partial charge in [-0.3, -0.25) is 4.90 Å². The van der Waals surface area contributed by atoms with Gasteiger partial charge in [-0.25, -0.2) is 0 Å². The van der Waals surface area contributed by atoms with Crippen molar-refractivity contribution in [1.82, 2.24) is 10.2 Å². The number of nitrogens with one attached hydrogen (secondary N) is 1. The fourth-order valence-corrected chi connectivity index (χ4v) is 3.03. The number of rotatable bonds is 5. The quantitative estimate of drug-likeness (QED) is 0.889. The Morgan fingerprint density at radius 1 is 1.26 bits per heavy atom. The van der Waals surface area contributed by atoms with E-state index in [-0.39, 0.29) is 0 Å². The van der Waals surface area contributed by atoms with E-state index in [1.54, 1.807) is 0 Å². The summed E-state index contributed by atoms with van der Waals surface area (Å²) in [6.07, 6.45) is 2.65. The van der Waals surface area contributed by atoms with E-state index in [4.69, 9.17) is 0 Å². The average molecular weight is 325 g/mol. The molecule has 1 aliphatic heterocycles. The van der Waals surface area contributed by atoms with Crippen LogP contribution in [-0.4, -0.2) is 30.6 Å². The Labute approximate surface area is 125 Å². The summed E-state index contributed by atoms with van der Waals surface area (Å²) < 4.78 is 1.23. The van der Waals surface area contributed by atoms with Crippen molar-refractivity contribution in [3.05, 3.63) is 34.3 Å². The van der Waals surface area contributed by atoms with Gasteiger partial charge in [0.05, 0.1) is 0 Å². The van der Waals surface area contributed by atoms with E-state index in [1.165, 1.54) is 42.5 Å². The van der Waals surface area contributed by atoms with Crippen LogP contribution in [0.4, 0.5) is 0 Å². The summed E-state index contributed by atoms with van der Waals surface area (Å²) in [5.74, 6) is 0.859. The maximum Gasteiger partial charge on any atom is 0.0244 e. The molecule has 1 saturated heterocycles. The predicted molar refractivity (Wildman–Crippen MR) is 85.3 cm³/mol. The molecule has 0 atom stereocenters. The Morgan fingerprint density at radius 3 is 2.58 bits per heavy atom. The molecule has 0 spiro atoms. The Hall–Kier alpha value is -0.380.